The van der Waals surface area contributed by atoms with E-state index < -0.39 is 0 Å². The third kappa shape index (κ3) is 3.34. The second kappa shape index (κ2) is 6.90. The van der Waals surface area contributed by atoms with Gasteiger partial charge in [-0.15, -0.1) is 0 Å². The molecule has 0 bridgehead atoms. The molecule has 3 atom stereocenters. The van der Waals surface area contributed by atoms with Crippen molar-refractivity contribution in [2.45, 2.75) is 83.4 Å². The van der Waals surface area contributed by atoms with E-state index in [4.69, 9.17) is 10.5 Å². The number of hydrogen-bond acceptors (Lipinski definition) is 3. The van der Waals surface area contributed by atoms with Crippen LogP contribution in [0.25, 0.3) is 0 Å². The summed E-state index contributed by atoms with van der Waals surface area (Å²) in [4.78, 5) is 12.0. The predicted octanol–water partition coefficient (Wildman–Crippen LogP) is 2.36. The molecular weight excluding hydrogens is 252 g/mol. The number of ether oxygens (including phenoxy) is 1. The molecule has 2 fully saturated rings. The van der Waals surface area contributed by atoms with Crippen LogP contribution in [0.15, 0.2) is 0 Å². The molecule has 116 valence electrons. The third-order valence-electron chi connectivity index (χ3n) is 5.10. The first-order valence-corrected chi connectivity index (χ1v) is 8.25. The van der Waals surface area contributed by atoms with Crippen LogP contribution in [0.3, 0.4) is 0 Å². The second-order valence-corrected chi connectivity index (χ2v) is 6.61. The Morgan fingerprint density at radius 2 is 2.10 bits per heavy atom. The number of carbonyl (C=O) groups excluding carboxylic acids is 1. The number of nitrogens with one attached hydrogen (secondary N) is 1. The van der Waals surface area contributed by atoms with Crippen LogP contribution in [0.4, 0.5) is 0 Å². The van der Waals surface area contributed by atoms with Crippen molar-refractivity contribution in [3.05, 3.63) is 0 Å². The molecular formula is C16H30N2O2. The highest BCUT2D eigenvalue weighted by molar-refractivity contribution is 5.76. The van der Waals surface area contributed by atoms with Crippen LogP contribution in [0.5, 0.6) is 0 Å². The summed E-state index contributed by atoms with van der Waals surface area (Å²) in [7, 11) is 0. The van der Waals surface area contributed by atoms with E-state index in [1.165, 1.54) is 32.1 Å². The number of amides is 1. The average molecular weight is 282 g/mol. The molecule has 2 aliphatic rings. The normalized spacial score (nSPS) is 29.8. The Hall–Kier alpha value is -0.610. The van der Waals surface area contributed by atoms with Gasteiger partial charge in [0.05, 0.1) is 6.10 Å². The lowest BCUT2D eigenvalue weighted by Gasteiger charge is -2.57. The van der Waals surface area contributed by atoms with Gasteiger partial charge in [-0.25, -0.2) is 0 Å². The van der Waals surface area contributed by atoms with Gasteiger partial charge in [-0.1, -0.05) is 19.3 Å². The fraction of sp³-hybridized carbons (Fsp3) is 0.938. The summed E-state index contributed by atoms with van der Waals surface area (Å²) in [6, 6.07) is 0.418. The Morgan fingerprint density at radius 1 is 1.40 bits per heavy atom. The summed E-state index contributed by atoms with van der Waals surface area (Å²) >= 11 is 0. The zero-order valence-electron chi connectivity index (χ0n) is 13.0. The van der Waals surface area contributed by atoms with E-state index in [2.05, 4.69) is 12.2 Å². The first-order valence-electron chi connectivity index (χ1n) is 8.25. The van der Waals surface area contributed by atoms with Gasteiger partial charge in [-0.3, -0.25) is 4.79 Å². The van der Waals surface area contributed by atoms with Crippen LogP contribution < -0.4 is 11.1 Å². The first kappa shape index (κ1) is 15.8. The van der Waals surface area contributed by atoms with Crippen LogP contribution in [-0.4, -0.2) is 30.7 Å². The summed E-state index contributed by atoms with van der Waals surface area (Å²) in [6.45, 7) is 4.78. The summed E-state index contributed by atoms with van der Waals surface area (Å²) in [5, 5.41) is 3.25. The molecule has 0 radical (unpaired) electrons. The quantitative estimate of drug-likeness (QED) is 0.786. The van der Waals surface area contributed by atoms with Gasteiger partial charge in [-0.05, 0) is 39.5 Å². The first-order chi connectivity index (χ1) is 9.58. The van der Waals surface area contributed by atoms with Crippen LogP contribution >= 0.6 is 0 Å². The highest BCUT2D eigenvalue weighted by atomic mass is 16.5. The van der Waals surface area contributed by atoms with Crippen molar-refractivity contribution in [2.24, 2.45) is 11.1 Å². The predicted molar refractivity (Wildman–Crippen MR) is 80.4 cm³/mol. The van der Waals surface area contributed by atoms with Gasteiger partial charge < -0.3 is 15.8 Å². The molecule has 1 amide bonds. The maximum atomic E-state index is 12.0. The molecule has 0 aliphatic heterocycles. The minimum atomic E-state index is 0.0990. The van der Waals surface area contributed by atoms with Crippen molar-refractivity contribution >= 4 is 5.91 Å². The molecule has 0 aromatic heterocycles. The topological polar surface area (TPSA) is 64.3 Å². The minimum Gasteiger partial charge on any atom is -0.378 e. The Kier molecular flexibility index (Phi) is 5.44. The van der Waals surface area contributed by atoms with E-state index in [1.54, 1.807) is 0 Å². The molecule has 0 aromatic rings. The molecule has 20 heavy (non-hydrogen) atoms. The van der Waals surface area contributed by atoms with Gasteiger partial charge in [0.1, 0.15) is 0 Å². The molecule has 3 unspecified atom stereocenters. The fourth-order valence-electron chi connectivity index (χ4n) is 3.89. The van der Waals surface area contributed by atoms with Crippen LogP contribution in [0.2, 0.25) is 0 Å². The SMILES string of the molecule is CCOC1CC(NC(=O)CCC(C)N)C12CCCCC2. The van der Waals surface area contributed by atoms with Crippen molar-refractivity contribution in [1.29, 1.82) is 0 Å². The Bertz CT molecular complexity index is 324. The number of hydrogen-bond donors (Lipinski definition) is 2. The Morgan fingerprint density at radius 3 is 2.70 bits per heavy atom. The Labute approximate surface area is 122 Å². The molecule has 2 aliphatic carbocycles. The molecule has 0 aromatic carbocycles. The van der Waals surface area contributed by atoms with Crippen LogP contribution in [0, 0.1) is 5.41 Å². The number of carbonyl (C=O) groups is 1. The highest BCUT2D eigenvalue weighted by Gasteiger charge is 2.55. The van der Waals surface area contributed by atoms with Crippen molar-refractivity contribution in [2.75, 3.05) is 6.61 Å². The third-order valence-corrected chi connectivity index (χ3v) is 5.10. The number of nitrogens with two attached hydrogens (primary N) is 1. The van der Waals surface area contributed by atoms with Gasteiger partial charge >= 0.3 is 0 Å². The van der Waals surface area contributed by atoms with Crippen LogP contribution in [0.1, 0.15) is 65.2 Å². The van der Waals surface area contributed by atoms with E-state index >= 15 is 0 Å². The lowest BCUT2D eigenvalue weighted by Crippen LogP contribution is -2.65. The van der Waals surface area contributed by atoms with Gasteiger partial charge in [-0.2, -0.15) is 0 Å². The van der Waals surface area contributed by atoms with Crippen molar-refractivity contribution in [3.8, 4) is 0 Å². The Balaban J connectivity index is 1.89. The standard InChI is InChI=1S/C16H30N2O2/c1-3-20-14-11-13(16(14)9-5-4-6-10-16)18-15(19)8-7-12(2)17/h12-14H,3-11,17H2,1-2H3,(H,18,19). The summed E-state index contributed by atoms with van der Waals surface area (Å²) in [5.74, 6) is 0.159. The molecule has 0 heterocycles. The maximum absolute atomic E-state index is 12.0. The molecule has 1 spiro atoms. The lowest BCUT2D eigenvalue weighted by atomic mass is 9.55. The van der Waals surface area contributed by atoms with E-state index in [0.29, 0.717) is 18.6 Å². The molecule has 2 saturated carbocycles. The average Bonchev–Trinajstić information content (AvgIpc) is 2.45. The van der Waals surface area contributed by atoms with Crippen molar-refractivity contribution in [1.82, 2.24) is 5.32 Å². The van der Waals surface area contributed by atoms with Gasteiger partial charge in [0.25, 0.3) is 0 Å². The minimum absolute atomic E-state index is 0.0990. The van der Waals surface area contributed by atoms with Crippen LogP contribution in [-0.2, 0) is 9.53 Å². The van der Waals surface area contributed by atoms with E-state index in [-0.39, 0.29) is 17.4 Å². The van der Waals surface area contributed by atoms with Gasteiger partial charge in [0.15, 0.2) is 0 Å². The summed E-state index contributed by atoms with van der Waals surface area (Å²) < 4.78 is 5.91. The number of rotatable bonds is 6. The zero-order valence-corrected chi connectivity index (χ0v) is 13.0. The highest BCUT2D eigenvalue weighted by Crippen LogP contribution is 2.53. The maximum Gasteiger partial charge on any atom is 0.220 e. The van der Waals surface area contributed by atoms with Gasteiger partial charge in [0.2, 0.25) is 5.91 Å². The monoisotopic (exact) mass is 282 g/mol. The summed E-state index contributed by atoms with van der Waals surface area (Å²) in [6.07, 6.45) is 8.93. The van der Waals surface area contributed by atoms with E-state index in [1.807, 2.05) is 6.92 Å². The molecule has 4 nitrogen and oxygen atoms in total. The van der Waals surface area contributed by atoms with Crippen molar-refractivity contribution in [3.63, 3.8) is 0 Å². The van der Waals surface area contributed by atoms with Gasteiger partial charge in [0, 0.05) is 30.5 Å². The molecule has 4 heteroatoms. The summed E-state index contributed by atoms with van der Waals surface area (Å²) in [5.41, 5.74) is 5.94. The largest absolute Gasteiger partial charge is 0.378 e. The van der Waals surface area contributed by atoms with E-state index in [9.17, 15) is 4.79 Å². The van der Waals surface area contributed by atoms with E-state index in [0.717, 1.165) is 19.4 Å². The zero-order chi connectivity index (χ0) is 14.6. The lowest BCUT2D eigenvalue weighted by molar-refractivity contribution is -0.157. The molecule has 0 saturated heterocycles. The van der Waals surface area contributed by atoms with Crippen molar-refractivity contribution < 1.29 is 9.53 Å². The molecule has 3 N–H and O–H groups in total. The smallest absolute Gasteiger partial charge is 0.220 e. The molecule has 2 rings (SSSR count). The fourth-order valence-corrected chi connectivity index (χ4v) is 3.89. The second-order valence-electron chi connectivity index (χ2n) is 6.61.